The lowest BCUT2D eigenvalue weighted by atomic mass is 10.0. The SMILES string of the molecule is CCOc1cc2nc(CC)c(C#N)c(Nc3cccc(Cl)c3)c2cc1NC(=O)/C=C/CCl. The van der Waals surface area contributed by atoms with Crippen molar-refractivity contribution in [3.05, 3.63) is 64.8 Å². The van der Waals surface area contributed by atoms with Crippen LogP contribution in [0.15, 0.2) is 48.6 Å². The molecular weight excluding hydrogens is 447 g/mol. The molecule has 0 spiro atoms. The topological polar surface area (TPSA) is 87.0 Å². The molecule has 1 aromatic heterocycles. The Hall–Kier alpha value is -3.27. The summed E-state index contributed by atoms with van der Waals surface area (Å²) >= 11 is 11.8. The average molecular weight is 469 g/mol. The van der Waals surface area contributed by atoms with Gasteiger partial charge in [-0.2, -0.15) is 5.26 Å². The third-order valence-corrected chi connectivity index (χ3v) is 5.03. The number of halogens is 2. The molecule has 1 heterocycles. The van der Waals surface area contributed by atoms with Crippen molar-refractivity contribution in [2.75, 3.05) is 23.1 Å². The van der Waals surface area contributed by atoms with E-state index >= 15 is 0 Å². The third-order valence-electron chi connectivity index (χ3n) is 4.62. The molecule has 164 valence electrons. The number of anilines is 3. The number of fused-ring (bicyclic) bond motifs is 1. The number of pyridine rings is 1. The first-order valence-corrected chi connectivity index (χ1v) is 11.0. The van der Waals surface area contributed by atoms with E-state index in [4.69, 9.17) is 27.9 Å². The van der Waals surface area contributed by atoms with Gasteiger partial charge in [-0.15, -0.1) is 11.6 Å². The average Bonchev–Trinajstić information content (AvgIpc) is 2.78. The van der Waals surface area contributed by atoms with Gasteiger partial charge in [-0.05, 0) is 37.6 Å². The van der Waals surface area contributed by atoms with Crippen LogP contribution < -0.4 is 15.4 Å². The van der Waals surface area contributed by atoms with Gasteiger partial charge in [-0.3, -0.25) is 9.78 Å². The molecule has 0 unspecified atom stereocenters. The molecule has 1 amide bonds. The van der Waals surface area contributed by atoms with E-state index in [9.17, 15) is 10.1 Å². The highest BCUT2D eigenvalue weighted by molar-refractivity contribution is 6.30. The number of allylic oxidation sites excluding steroid dienone is 1. The van der Waals surface area contributed by atoms with E-state index in [0.29, 0.717) is 57.3 Å². The molecule has 0 radical (unpaired) electrons. The molecule has 0 saturated carbocycles. The van der Waals surface area contributed by atoms with Crippen LogP contribution in [-0.2, 0) is 11.2 Å². The van der Waals surface area contributed by atoms with Crippen molar-refractivity contribution in [1.82, 2.24) is 4.98 Å². The second kappa shape index (κ2) is 10.9. The summed E-state index contributed by atoms with van der Waals surface area (Å²) < 4.78 is 5.75. The molecule has 0 bridgehead atoms. The lowest BCUT2D eigenvalue weighted by Crippen LogP contribution is -2.10. The fraction of sp³-hybridized carbons (Fsp3) is 0.208. The fourth-order valence-electron chi connectivity index (χ4n) is 3.26. The molecular formula is C24H22Cl2N4O2. The van der Waals surface area contributed by atoms with E-state index < -0.39 is 0 Å². The smallest absolute Gasteiger partial charge is 0.248 e. The van der Waals surface area contributed by atoms with Crippen molar-refractivity contribution in [1.29, 1.82) is 5.26 Å². The molecule has 0 aliphatic rings. The minimum atomic E-state index is -0.339. The number of carbonyl (C=O) groups excluding carboxylic acids is 1. The molecule has 2 N–H and O–H groups in total. The number of aryl methyl sites for hydroxylation is 1. The summed E-state index contributed by atoms with van der Waals surface area (Å²) in [7, 11) is 0. The van der Waals surface area contributed by atoms with Crippen LogP contribution in [0.5, 0.6) is 5.75 Å². The van der Waals surface area contributed by atoms with Crippen molar-refractivity contribution in [3.8, 4) is 11.8 Å². The Labute approximate surface area is 196 Å². The summed E-state index contributed by atoms with van der Waals surface area (Å²) in [5.74, 6) is 0.376. The summed E-state index contributed by atoms with van der Waals surface area (Å²) in [5, 5.41) is 17.3. The van der Waals surface area contributed by atoms with Crippen molar-refractivity contribution >= 4 is 57.1 Å². The Morgan fingerprint density at radius 3 is 2.75 bits per heavy atom. The minimum Gasteiger partial charge on any atom is -0.492 e. The normalized spacial score (nSPS) is 10.8. The van der Waals surface area contributed by atoms with Crippen molar-refractivity contribution in [2.24, 2.45) is 0 Å². The second-order valence-electron chi connectivity index (χ2n) is 6.75. The first kappa shape index (κ1) is 23.4. The summed E-state index contributed by atoms with van der Waals surface area (Å²) in [6, 6.07) is 13.0. The van der Waals surface area contributed by atoms with Gasteiger partial charge in [0.1, 0.15) is 11.8 Å². The molecule has 32 heavy (non-hydrogen) atoms. The number of nitrogens with zero attached hydrogens (tertiary/aromatic N) is 2. The summed E-state index contributed by atoms with van der Waals surface area (Å²) in [4.78, 5) is 17.0. The van der Waals surface area contributed by atoms with Gasteiger partial charge in [-0.25, -0.2) is 0 Å². The summed E-state index contributed by atoms with van der Waals surface area (Å²) in [5.41, 5.74) is 3.52. The zero-order valence-electron chi connectivity index (χ0n) is 17.7. The Morgan fingerprint density at radius 2 is 2.09 bits per heavy atom. The van der Waals surface area contributed by atoms with Crippen LogP contribution in [0.4, 0.5) is 17.1 Å². The number of carbonyl (C=O) groups is 1. The number of hydrogen-bond acceptors (Lipinski definition) is 5. The monoisotopic (exact) mass is 468 g/mol. The highest BCUT2D eigenvalue weighted by Gasteiger charge is 2.18. The second-order valence-corrected chi connectivity index (χ2v) is 7.50. The number of nitriles is 1. The van der Waals surface area contributed by atoms with Crippen molar-refractivity contribution < 1.29 is 9.53 Å². The number of hydrogen-bond donors (Lipinski definition) is 2. The first-order chi connectivity index (χ1) is 15.5. The number of amides is 1. The van der Waals surface area contributed by atoms with E-state index in [2.05, 4.69) is 21.7 Å². The van der Waals surface area contributed by atoms with Crippen LogP contribution in [0.3, 0.4) is 0 Å². The van der Waals surface area contributed by atoms with Gasteiger partial charge in [0.2, 0.25) is 5.91 Å². The highest BCUT2D eigenvalue weighted by Crippen LogP contribution is 2.37. The largest absolute Gasteiger partial charge is 0.492 e. The van der Waals surface area contributed by atoms with E-state index in [-0.39, 0.29) is 11.8 Å². The Morgan fingerprint density at radius 1 is 1.28 bits per heavy atom. The lowest BCUT2D eigenvalue weighted by Gasteiger charge is -2.17. The maximum atomic E-state index is 12.3. The van der Waals surface area contributed by atoms with E-state index in [1.165, 1.54) is 6.08 Å². The molecule has 2 aromatic carbocycles. The molecule has 6 nitrogen and oxygen atoms in total. The molecule has 0 aliphatic carbocycles. The Balaban J connectivity index is 2.23. The molecule has 0 fully saturated rings. The van der Waals surface area contributed by atoms with Crippen LogP contribution in [-0.4, -0.2) is 23.4 Å². The highest BCUT2D eigenvalue weighted by atomic mass is 35.5. The van der Waals surface area contributed by atoms with Gasteiger partial charge in [0, 0.05) is 34.1 Å². The number of rotatable bonds is 8. The summed E-state index contributed by atoms with van der Waals surface area (Å²) in [6.45, 7) is 4.22. The maximum absolute atomic E-state index is 12.3. The molecule has 0 saturated heterocycles. The van der Waals surface area contributed by atoms with Crippen LogP contribution in [0.2, 0.25) is 5.02 Å². The van der Waals surface area contributed by atoms with Crippen LogP contribution in [0, 0.1) is 11.3 Å². The maximum Gasteiger partial charge on any atom is 0.248 e. The number of ether oxygens (including phenoxy) is 1. The predicted octanol–water partition coefficient (Wildman–Crippen LogP) is 6.20. The van der Waals surface area contributed by atoms with Gasteiger partial charge < -0.3 is 15.4 Å². The quantitative estimate of drug-likeness (QED) is 0.303. The van der Waals surface area contributed by atoms with Crippen LogP contribution in [0.1, 0.15) is 25.1 Å². The molecule has 8 heteroatoms. The van der Waals surface area contributed by atoms with Gasteiger partial charge >= 0.3 is 0 Å². The first-order valence-electron chi connectivity index (χ1n) is 10.1. The molecule has 0 aliphatic heterocycles. The third kappa shape index (κ3) is 5.31. The number of aromatic nitrogens is 1. The van der Waals surface area contributed by atoms with Crippen molar-refractivity contribution in [2.45, 2.75) is 20.3 Å². The molecule has 3 rings (SSSR count). The summed E-state index contributed by atoms with van der Waals surface area (Å²) in [6.07, 6.45) is 3.49. The fourth-order valence-corrected chi connectivity index (χ4v) is 3.54. The molecule has 3 aromatic rings. The molecule has 0 atom stereocenters. The number of alkyl halides is 1. The minimum absolute atomic E-state index is 0.229. The van der Waals surface area contributed by atoms with Crippen molar-refractivity contribution in [3.63, 3.8) is 0 Å². The van der Waals surface area contributed by atoms with Gasteiger partial charge in [0.15, 0.2) is 0 Å². The zero-order valence-corrected chi connectivity index (χ0v) is 19.2. The number of nitrogens with one attached hydrogen (secondary N) is 2. The Bertz CT molecular complexity index is 1220. The van der Waals surface area contributed by atoms with E-state index in [1.807, 2.05) is 26.0 Å². The van der Waals surface area contributed by atoms with Crippen LogP contribution in [0.25, 0.3) is 10.9 Å². The standard InChI is InChI=1S/C24H22Cl2N4O2/c1-3-19-18(14-27)24(28-16-8-5-7-15(26)11-16)17-12-21(30-23(31)9-6-10-25)22(32-4-2)13-20(17)29-19/h5-9,11-13H,3-4,10H2,1-2H3,(H,28,29)(H,30,31)/b9-6+. The predicted molar refractivity (Wildman–Crippen MR) is 130 cm³/mol. The van der Waals surface area contributed by atoms with Gasteiger partial charge in [0.05, 0.1) is 34.8 Å². The van der Waals surface area contributed by atoms with Gasteiger partial charge in [-0.1, -0.05) is 30.7 Å². The Kier molecular flexibility index (Phi) is 7.93. The zero-order chi connectivity index (χ0) is 23.1. The van der Waals surface area contributed by atoms with E-state index in [1.54, 1.807) is 30.3 Å². The number of benzene rings is 2. The lowest BCUT2D eigenvalue weighted by molar-refractivity contribution is -0.111. The van der Waals surface area contributed by atoms with Crippen LogP contribution >= 0.6 is 23.2 Å². The van der Waals surface area contributed by atoms with E-state index in [0.717, 1.165) is 5.69 Å². The van der Waals surface area contributed by atoms with Gasteiger partial charge in [0.25, 0.3) is 0 Å².